The molecule has 1 aromatic carbocycles. The van der Waals surface area contributed by atoms with Gasteiger partial charge in [0.05, 0.1) is 5.69 Å². The van der Waals surface area contributed by atoms with Crippen LogP contribution < -0.4 is 5.32 Å². The van der Waals surface area contributed by atoms with E-state index in [0.717, 1.165) is 35.3 Å². The van der Waals surface area contributed by atoms with Gasteiger partial charge in [-0.3, -0.25) is 0 Å². The third kappa shape index (κ3) is 4.80. The van der Waals surface area contributed by atoms with E-state index >= 15 is 0 Å². The summed E-state index contributed by atoms with van der Waals surface area (Å²) in [6.07, 6.45) is 3.10. The Morgan fingerprint density at radius 3 is 2.95 bits per heavy atom. The molecule has 0 bridgehead atoms. The number of H-pyrrole nitrogens is 1. The van der Waals surface area contributed by atoms with E-state index in [2.05, 4.69) is 38.1 Å². The van der Waals surface area contributed by atoms with Crippen LogP contribution in [0.15, 0.2) is 22.7 Å². The van der Waals surface area contributed by atoms with Gasteiger partial charge in [-0.2, -0.15) is 0 Å². The number of aryl methyl sites for hydroxylation is 1. The van der Waals surface area contributed by atoms with Crippen molar-refractivity contribution in [3.05, 3.63) is 50.7 Å². The van der Waals surface area contributed by atoms with Gasteiger partial charge in [0.2, 0.25) is 0 Å². The van der Waals surface area contributed by atoms with Gasteiger partial charge in [0.1, 0.15) is 11.6 Å². The first-order valence-corrected chi connectivity index (χ1v) is 8.15. The van der Waals surface area contributed by atoms with Gasteiger partial charge < -0.3 is 10.3 Å². The Kier molecular flexibility index (Phi) is 6.21. The predicted molar refractivity (Wildman–Crippen MR) is 86.9 cm³/mol. The largest absolute Gasteiger partial charge is 0.344 e. The number of unbranched alkanes of at least 4 members (excludes halogenated alkanes) is 1. The highest BCUT2D eigenvalue weighted by Crippen LogP contribution is 2.17. The Labute approximate surface area is 137 Å². The summed E-state index contributed by atoms with van der Waals surface area (Å²) < 4.78 is 14.5. The van der Waals surface area contributed by atoms with Crippen LogP contribution in [-0.4, -0.2) is 9.97 Å². The summed E-state index contributed by atoms with van der Waals surface area (Å²) in [4.78, 5) is 7.51. The average Bonchev–Trinajstić information content (AvgIpc) is 2.81. The summed E-state index contributed by atoms with van der Waals surface area (Å²) in [5.74, 6) is 0.692. The number of benzene rings is 1. The molecule has 0 fully saturated rings. The molecule has 6 heteroatoms. The number of rotatable bonds is 7. The van der Waals surface area contributed by atoms with Crippen LogP contribution in [0.3, 0.4) is 0 Å². The molecule has 0 radical (unpaired) electrons. The predicted octanol–water partition coefficient (Wildman–Crippen LogP) is 4.60. The number of hydrogen-bond donors (Lipinski definition) is 2. The highest BCUT2D eigenvalue weighted by Gasteiger charge is 2.08. The highest BCUT2D eigenvalue weighted by atomic mass is 79.9. The number of nitrogens with zero attached hydrogens (tertiary/aromatic N) is 1. The number of nitrogens with one attached hydrogen (secondary N) is 2. The minimum atomic E-state index is -0.218. The van der Waals surface area contributed by atoms with Crippen LogP contribution in [0.25, 0.3) is 0 Å². The van der Waals surface area contributed by atoms with Gasteiger partial charge in [-0.15, -0.1) is 0 Å². The molecule has 0 spiro atoms. The zero-order valence-electron chi connectivity index (χ0n) is 11.8. The van der Waals surface area contributed by atoms with Crippen molar-refractivity contribution in [1.29, 1.82) is 0 Å². The molecule has 0 unspecified atom stereocenters. The molecule has 2 aromatic rings. The maximum absolute atomic E-state index is 13.6. The fraction of sp³-hybridized carbons (Fsp3) is 0.400. The third-order valence-electron chi connectivity index (χ3n) is 3.17. The van der Waals surface area contributed by atoms with Crippen molar-refractivity contribution in [2.24, 2.45) is 0 Å². The molecule has 21 heavy (non-hydrogen) atoms. The topological polar surface area (TPSA) is 40.7 Å². The molecule has 0 aliphatic heterocycles. The van der Waals surface area contributed by atoms with E-state index in [4.69, 9.17) is 11.6 Å². The van der Waals surface area contributed by atoms with Crippen LogP contribution in [0, 0.1) is 5.82 Å². The summed E-state index contributed by atoms with van der Waals surface area (Å²) in [7, 11) is 0. The fourth-order valence-corrected chi connectivity index (χ4v) is 2.64. The molecule has 0 atom stereocenters. The molecule has 2 N–H and O–H groups in total. The van der Waals surface area contributed by atoms with E-state index in [1.165, 1.54) is 6.07 Å². The maximum atomic E-state index is 13.6. The quantitative estimate of drug-likeness (QED) is 0.744. The molecule has 3 nitrogen and oxygen atoms in total. The van der Waals surface area contributed by atoms with E-state index < -0.39 is 0 Å². The minimum absolute atomic E-state index is 0.218. The smallest absolute Gasteiger partial charge is 0.151 e. The number of imidazole rings is 1. The van der Waals surface area contributed by atoms with Crippen LogP contribution in [0.2, 0.25) is 5.15 Å². The normalized spacial score (nSPS) is 11.0. The van der Waals surface area contributed by atoms with Crippen LogP contribution in [0.1, 0.15) is 36.8 Å². The lowest BCUT2D eigenvalue weighted by Gasteiger charge is -2.06. The van der Waals surface area contributed by atoms with Crippen molar-refractivity contribution >= 4 is 27.5 Å². The monoisotopic (exact) mass is 373 g/mol. The number of hydrogen-bond acceptors (Lipinski definition) is 2. The lowest BCUT2D eigenvalue weighted by atomic mass is 10.2. The maximum Gasteiger partial charge on any atom is 0.151 e. The molecule has 1 heterocycles. The molecule has 0 saturated carbocycles. The van der Waals surface area contributed by atoms with Crippen LogP contribution in [0.5, 0.6) is 0 Å². The van der Waals surface area contributed by atoms with Crippen LogP contribution >= 0.6 is 27.5 Å². The second kappa shape index (κ2) is 7.92. The first kappa shape index (κ1) is 16.5. The number of halogens is 3. The van der Waals surface area contributed by atoms with Gasteiger partial charge in [0.15, 0.2) is 5.15 Å². The van der Waals surface area contributed by atoms with Crippen molar-refractivity contribution in [1.82, 2.24) is 15.3 Å². The van der Waals surface area contributed by atoms with Crippen molar-refractivity contribution < 1.29 is 4.39 Å². The summed E-state index contributed by atoms with van der Waals surface area (Å²) in [5.41, 5.74) is 1.46. The van der Waals surface area contributed by atoms with Gasteiger partial charge in [-0.05, 0) is 24.6 Å². The third-order valence-corrected chi connectivity index (χ3v) is 3.98. The Hall–Kier alpha value is -0.910. The van der Waals surface area contributed by atoms with Gasteiger partial charge in [0, 0.05) is 29.5 Å². The van der Waals surface area contributed by atoms with E-state index in [1.54, 1.807) is 12.1 Å². The lowest BCUT2D eigenvalue weighted by Crippen LogP contribution is -2.14. The molecule has 0 saturated heterocycles. The standard InChI is InChI=1S/C15H18BrClFN3/c1-2-3-4-14-20-13(15(17)21-14)9-19-8-10-7-11(16)5-6-12(10)18/h5-7,19H,2-4,8-9H2,1H3,(H,20,21). The van der Waals surface area contributed by atoms with Gasteiger partial charge in [-0.1, -0.05) is 40.9 Å². The molecule has 2 rings (SSSR count). The molecular weight excluding hydrogens is 357 g/mol. The lowest BCUT2D eigenvalue weighted by molar-refractivity contribution is 0.585. The summed E-state index contributed by atoms with van der Waals surface area (Å²) in [6, 6.07) is 4.90. The average molecular weight is 375 g/mol. The molecule has 0 amide bonds. The summed E-state index contributed by atoms with van der Waals surface area (Å²) in [5, 5.41) is 3.67. The summed E-state index contributed by atoms with van der Waals surface area (Å²) >= 11 is 9.44. The SMILES string of the molecule is CCCCc1nc(Cl)c(CNCc2cc(Br)ccc2F)[nH]1. The van der Waals surface area contributed by atoms with E-state index in [-0.39, 0.29) is 5.82 Å². The molecule has 0 aliphatic rings. The Balaban J connectivity index is 1.91. The molecule has 114 valence electrons. The van der Waals surface area contributed by atoms with Crippen molar-refractivity contribution in [2.75, 3.05) is 0 Å². The first-order chi connectivity index (χ1) is 10.1. The second-order valence-electron chi connectivity index (χ2n) is 4.90. The summed E-state index contributed by atoms with van der Waals surface area (Å²) in [6.45, 7) is 3.11. The van der Waals surface area contributed by atoms with Gasteiger partial charge in [0.25, 0.3) is 0 Å². The van der Waals surface area contributed by atoms with Gasteiger partial charge in [-0.25, -0.2) is 9.37 Å². The number of aromatic nitrogens is 2. The van der Waals surface area contributed by atoms with E-state index in [9.17, 15) is 4.39 Å². The van der Waals surface area contributed by atoms with Crippen molar-refractivity contribution in [3.8, 4) is 0 Å². The Bertz CT molecular complexity index is 601. The molecule has 1 aromatic heterocycles. The van der Waals surface area contributed by atoms with E-state index in [0.29, 0.717) is 23.8 Å². The van der Waals surface area contributed by atoms with Crippen molar-refractivity contribution in [3.63, 3.8) is 0 Å². The highest BCUT2D eigenvalue weighted by molar-refractivity contribution is 9.10. The zero-order valence-corrected chi connectivity index (χ0v) is 14.2. The molecule has 0 aliphatic carbocycles. The Morgan fingerprint density at radius 1 is 1.38 bits per heavy atom. The first-order valence-electron chi connectivity index (χ1n) is 6.98. The minimum Gasteiger partial charge on any atom is -0.344 e. The number of aromatic amines is 1. The van der Waals surface area contributed by atoms with Gasteiger partial charge >= 0.3 is 0 Å². The van der Waals surface area contributed by atoms with Crippen LogP contribution in [-0.2, 0) is 19.5 Å². The van der Waals surface area contributed by atoms with E-state index in [1.807, 2.05) is 0 Å². The second-order valence-corrected chi connectivity index (χ2v) is 6.17. The van der Waals surface area contributed by atoms with Crippen molar-refractivity contribution in [2.45, 2.75) is 39.3 Å². The molecular formula is C15H18BrClFN3. The zero-order chi connectivity index (χ0) is 15.2. The van der Waals surface area contributed by atoms with Crippen LogP contribution in [0.4, 0.5) is 4.39 Å². The Morgan fingerprint density at radius 2 is 2.19 bits per heavy atom. The fourth-order valence-electron chi connectivity index (χ4n) is 2.02.